The molecule has 0 aromatic heterocycles. The lowest BCUT2D eigenvalue weighted by Crippen LogP contribution is -2.37. The molecular formula is C13H20N2O2. The van der Waals surface area contributed by atoms with Gasteiger partial charge in [-0.1, -0.05) is 26.0 Å². The highest BCUT2D eigenvalue weighted by Crippen LogP contribution is 2.08. The number of hydrogen-bond acceptors (Lipinski definition) is 3. The maximum atomic E-state index is 11.0. The van der Waals surface area contributed by atoms with Crippen LogP contribution in [0.1, 0.15) is 25.8 Å². The third kappa shape index (κ3) is 4.87. The molecule has 0 fully saturated rings. The van der Waals surface area contributed by atoms with Gasteiger partial charge in [-0.25, -0.2) is 0 Å². The summed E-state index contributed by atoms with van der Waals surface area (Å²) in [5, 5.41) is 12.1. The fourth-order valence-electron chi connectivity index (χ4n) is 1.62. The van der Waals surface area contributed by atoms with Crippen molar-refractivity contribution in [3.05, 3.63) is 29.8 Å². The van der Waals surface area contributed by atoms with Crippen molar-refractivity contribution in [2.45, 2.75) is 32.9 Å². The average Bonchev–Trinajstić information content (AvgIpc) is 2.25. The molecular weight excluding hydrogens is 216 g/mol. The molecule has 1 aromatic carbocycles. The topological polar surface area (TPSA) is 75.3 Å². The van der Waals surface area contributed by atoms with Gasteiger partial charge < -0.3 is 16.2 Å². The molecule has 0 heterocycles. The van der Waals surface area contributed by atoms with Gasteiger partial charge in [0.15, 0.2) is 0 Å². The Kier molecular flexibility index (Phi) is 4.97. The van der Waals surface area contributed by atoms with Gasteiger partial charge in [-0.2, -0.15) is 0 Å². The van der Waals surface area contributed by atoms with E-state index in [4.69, 9.17) is 10.8 Å². The molecule has 17 heavy (non-hydrogen) atoms. The van der Waals surface area contributed by atoms with Crippen LogP contribution in [0.3, 0.4) is 0 Å². The molecule has 94 valence electrons. The largest absolute Gasteiger partial charge is 0.480 e. The van der Waals surface area contributed by atoms with Crippen LogP contribution in [0, 0.1) is 5.92 Å². The summed E-state index contributed by atoms with van der Waals surface area (Å²) in [5.41, 5.74) is 7.33. The number of hydrogen-bond donors (Lipinski definition) is 3. The van der Waals surface area contributed by atoms with Crippen molar-refractivity contribution in [1.29, 1.82) is 0 Å². The summed E-state index contributed by atoms with van der Waals surface area (Å²) < 4.78 is 0. The zero-order valence-electron chi connectivity index (χ0n) is 10.3. The van der Waals surface area contributed by atoms with Gasteiger partial charge in [0, 0.05) is 12.2 Å². The van der Waals surface area contributed by atoms with E-state index in [-0.39, 0.29) is 0 Å². The van der Waals surface area contributed by atoms with Crippen LogP contribution in [0.25, 0.3) is 0 Å². The number of carbonyl (C=O) groups is 1. The third-order valence-corrected chi connectivity index (χ3v) is 2.54. The molecule has 4 heteroatoms. The van der Waals surface area contributed by atoms with Crippen molar-refractivity contribution in [3.63, 3.8) is 0 Å². The van der Waals surface area contributed by atoms with Crippen molar-refractivity contribution in [1.82, 2.24) is 5.32 Å². The minimum atomic E-state index is -0.797. The van der Waals surface area contributed by atoms with E-state index < -0.39 is 12.0 Å². The lowest BCUT2D eigenvalue weighted by atomic mass is 10.0. The second-order valence-electron chi connectivity index (χ2n) is 4.64. The number of benzene rings is 1. The van der Waals surface area contributed by atoms with Gasteiger partial charge in [0.05, 0.1) is 0 Å². The van der Waals surface area contributed by atoms with Crippen molar-refractivity contribution in [2.24, 2.45) is 5.92 Å². The molecule has 0 aliphatic heterocycles. The van der Waals surface area contributed by atoms with E-state index >= 15 is 0 Å². The Labute approximate surface area is 102 Å². The number of carboxylic acid groups (broad SMARTS) is 1. The number of aliphatic carboxylic acids is 1. The standard InChI is InChI=1S/C13H20N2O2/c1-9(2)7-12(13(16)17)15-8-10-3-5-11(14)6-4-10/h3-6,9,12,15H,7-8,14H2,1-2H3,(H,16,17)/t12-/m0/s1. The second-order valence-corrected chi connectivity index (χ2v) is 4.64. The summed E-state index contributed by atoms with van der Waals surface area (Å²) in [6.07, 6.45) is 0.629. The van der Waals surface area contributed by atoms with Gasteiger partial charge in [-0.3, -0.25) is 4.79 Å². The van der Waals surface area contributed by atoms with E-state index in [1.807, 2.05) is 38.1 Å². The van der Waals surface area contributed by atoms with Crippen molar-refractivity contribution in [2.75, 3.05) is 5.73 Å². The molecule has 1 rings (SSSR count). The average molecular weight is 236 g/mol. The molecule has 4 nitrogen and oxygen atoms in total. The molecule has 0 saturated heterocycles. The molecule has 0 radical (unpaired) electrons. The maximum absolute atomic E-state index is 11.0. The number of carboxylic acids is 1. The Morgan fingerprint density at radius 3 is 2.41 bits per heavy atom. The molecule has 1 atom stereocenters. The maximum Gasteiger partial charge on any atom is 0.320 e. The zero-order valence-corrected chi connectivity index (χ0v) is 10.3. The van der Waals surface area contributed by atoms with E-state index in [0.717, 1.165) is 5.56 Å². The predicted octanol–water partition coefficient (Wildman–Crippen LogP) is 1.86. The Hall–Kier alpha value is -1.55. The molecule has 0 spiro atoms. The Bertz CT molecular complexity index is 360. The van der Waals surface area contributed by atoms with Crippen LogP contribution in [0.5, 0.6) is 0 Å². The van der Waals surface area contributed by atoms with Crippen LogP contribution in [0.15, 0.2) is 24.3 Å². The molecule has 1 aromatic rings. The highest BCUT2D eigenvalue weighted by molar-refractivity contribution is 5.73. The SMILES string of the molecule is CC(C)C[C@H](NCc1ccc(N)cc1)C(=O)O. The highest BCUT2D eigenvalue weighted by Gasteiger charge is 2.17. The summed E-state index contributed by atoms with van der Waals surface area (Å²) in [6.45, 7) is 4.58. The molecule has 0 aliphatic carbocycles. The summed E-state index contributed by atoms with van der Waals surface area (Å²) in [4.78, 5) is 11.0. The fraction of sp³-hybridized carbons (Fsp3) is 0.462. The van der Waals surface area contributed by atoms with Gasteiger partial charge in [-0.15, -0.1) is 0 Å². The Morgan fingerprint density at radius 2 is 1.94 bits per heavy atom. The first-order chi connectivity index (χ1) is 7.99. The van der Waals surface area contributed by atoms with Gasteiger partial charge in [0.25, 0.3) is 0 Å². The van der Waals surface area contributed by atoms with E-state index in [0.29, 0.717) is 24.6 Å². The van der Waals surface area contributed by atoms with Crippen molar-refractivity contribution < 1.29 is 9.90 Å². The zero-order chi connectivity index (χ0) is 12.8. The molecule has 0 amide bonds. The number of nitrogens with one attached hydrogen (secondary N) is 1. The minimum absolute atomic E-state index is 0.356. The quantitative estimate of drug-likeness (QED) is 0.659. The Morgan fingerprint density at radius 1 is 1.35 bits per heavy atom. The number of anilines is 1. The van der Waals surface area contributed by atoms with Gasteiger partial charge in [-0.05, 0) is 30.0 Å². The van der Waals surface area contributed by atoms with Gasteiger partial charge >= 0.3 is 5.97 Å². The summed E-state index contributed by atoms with van der Waals surface area (Å²) >= 11 is 0. The fourth-order valence-corrected chi connectivity index (χ4v) is 1.62. The van der Waals surface area contributed by atoms with Crippen LogP contribution in [-0.4, -0.2) is 17.1 Å². The van der Waals surface area contributed by atoms with Crippen molar-refractivity contribution in [3.8, 4) is 0 Å². The molecule has 0 saturated carbocycles. The first kappa shape index (κ1) is 13.5. The Balaban J connectivity index is 2.51. The van der Waals surface area contributed by atoms with Gasteiger partial charge in [0.2, 0.25) is 0 Å². The highest BCUT2D eigenvalue weighted by atomic mass is 16.4. The summed E-state index contributed by atoms with van der Waals surface area (Å²) in [5.74, 6) is -0.441. The number of nitrogens with two attached hydrogens (primary N) is 1. The monoisotopic (exact) mass is 236 g/mol. The van der Waals surface area contributed by atoms with Gasteiger partial charge in [0.1, 0.15) is 6.04 Å². The predicted molar refractivity (Wildman–Crippen MR) is 68.6 cm³/mol. The minimum Gasteiger partial charge on any atom is -0.480 e. The lowest BCUT2D eigenvalue weighted by molar-refractivity contribution is -0.140. The van der Waals surface area contributed by atoms with Crippen molar-refractivity contribution >= 4 is 11.7 Å². The first-order valence-corrected chi connectivity index (χ1v) is 5.79. The van der Waals surface area contributed by atoms with E-state index in [1.165, 1.54) is 0 Å². The normalized spacial score (nSPS) is 12.6. The third-order valence-electron chi connectivity index (χ3n) is 2.54. The van der Waals surface area contributed by atoms with Crippen LogP contribution < -0.4 is 11.1 Å². The van der Waals surface area contributed by atoms with Crippen LogP contribution in [0.2, 0.25) is 0 Å². The molecule has 0 bridgehead atoms. The molecule has 4 N–H and O–H groups in total. The molecule has 0 unspecified atom stereocenters. The van der Waals surface area contributed by atoms with E-state index in [2.05, 4.69) is 5.32 Å². The lowest BCUT2D eigenvalue weighted by Gasteiger charge is -2.16. The number of rotatable bonds is 6. The van der Waals surface area contributed by atoms with Crippen LogP contribution in [0.4, 0.5) is 5.69 Å². The van der Waals surface area contributed by atoms with Crippen LogP contribution >= 0.6 is 0 Å². The molecule has 0 aliphatic rings. The summed E-state index contributed by atoms with van der Waals surface area (Å²) in [6, 6.07) is 6.94. The second kappa shape index (κ2) is 6.25. The summed E-state index contributed by atoms with van der Waals surface area (Å²) in [7, 11) is 0. The van der Waals surface area contributed by atoms with E-state index in [1.54, 1.807) is 0 Å². The van der Waals surface area contributed by atoms with Crippen LogP contribution in [-0.2, 0) is 11.3 Å². The smallest absolute Gasteiger partial charge is 0.320 e. The number of nitrogen functional groups attached to an aromatic ring is 1. The first-order valence-electron chi connectivity index (χ1n) is 5.79. The van der Waals surface area contributed by atoms with E-state index in [9.17, 15) is 4.79 Å².